The van der Waals surface area contributed by atoms with E-state index in [2.05, 4.69) is 52.7 Å². The summed E-state index contributed by atoms with van der Waals surface area (Å²) in [4.78, 5) is 17.8. The maximum absolute atomic E-state index is 13.8. The molecule has 58 heavy (non-hydrogen) atoms. The summed E-state index contributed by atoms with van der Waals surface area (Å²) in [6, 6.07) is 24.0. The lowest BCUT2D eigenvalue weighted by molar-refractivity contribution is -0.121. The molecule has 0 aromatic heterocycles. The van der Waals surface area contributed by atoms with E-state index in [9.17, 15) is 15.0 Å². The minimum Gasteiger partial charge on any atom is -0.508 e. The first kappa shape index (κ1) is 40.3. The van der Waals surface area contributed by atoms with Crippen LogP contribution in [-0.2, 0) is 34.4 Å². The number of guanidine groups is 1. The quantitative estimate of drug-likeness (QED) is 0.0571. The van der Waals surface area contributed by atoms with Crippen molar-refractivity contribution in [1.29, 1.82) is 0 Å². The van der Waals surface area contributed by atoms with E-state index in [1.807, 2.05) is 48.5 Å². The first-order chi connectivity index (χ1) is 28.2. The molecule has 3 atom stereocenters. The van der Waals surface area contributed by atoms with Crippen LogP contribution in [0.25, 0.3) is 10.8 Å². The predicted octanol–water partition coefficient (Wildman–Crippen LogP) is 9.60. The molecule has 0 amide bonds. The summed E-state index contributed by atoms with van der Waals surface area (Å²) in [7, 11) is 3.28. The van der Waals surface area contributed by atoms with E-state index in [1.54, 1.807) is 26.3 Å². The summed E-state index contributed by atoms with van der Waals surface area (Å²) < 4.78 is 18.4. The summed E-state index contributed by atoms with van der Waals surface area (Å²) in [6.45, 7) is 0.337. The van der Waals surface area contributed by atoms with Crippen molar-refractivity contribution in [1.82, 2.24) is 0 Å². The number of unbranched alkanes of at least 4 members (excludes halogenated alkanes) is 1. The molecule has 8 rings (SSSR count). The summed E-state index contributed by atoms with van der Waals surface area (Å²) in [5.41, 5.74) is 10.2. The first-order valence-corrected chi connectivity index (χ1v) is 20.6. The van der Waals surface area contributed by atoms with Crippen molar-refractivity contribution < 1.29 is 29.2 Å². The molecule has 9 nitrogen and oxygen atoms in total. The Morgan fingerprint density at radius 2 is 1.84 bits per heavy atom. The second-order valence-electron chi connectivity index (χ2n) is 16.0. The standard InChI is InChI=1S/C49H55N3O6/c1-51-48(50)52-39-11-7-9-33(27-39)8-3-4-10-36-15-18-40(53)29-38(36)30-42-31-41(54)17-12-34-14-21-45(56-2)46(28-34)58-32-35-13-19-43-37(26-35)16-20-44(55)47(43)49(24-25-57-42)22-5-6-23-49/h7,9,11,13-16,18-21,26-29,36,38,42,53,55H,3-6,8,10,12,17,22-23,30-32H2,1-2H3,(H3,50,51,52)/t36-,38-,42+/m1/s1. The predicted molar refractivity (Wildman–Crippen MR) is 230 cm³/mol. The molecule has 302 valence electrons. The average Bonchev–Trinajstić information content (AvgIpc) is 3.70. The number of aliphatic imine (C=N–C) groups is 1. The number of ketones is 1. The number of aryl methyl sites for hydroxylation is 2. The number of ether oxygens (including phenoxy) is 3. The largest absolute Gasteiger partial charge is 0.508 e. The highest BCUT2D eigenvalue weighted by molar-refractivity contribution is 5.92. The number of nitrogens with two attached hydrogens (primary N) is 1. The van der Waals surface area contributed by atoms with Gasteiger partial charge in [-0.05, 0) is 139 Å². The number of benzene rings is 4. The number of Topliss-reactive ketones (excluding diaryl/α,β-unsaturated/α-hetero) is 1. The lowest BCUT2D eigenvalue weighted by Gasteiger charge is -2.28. The molecular weight excluding hydrogens is 727 g/mol. The Kier molecular flexibility index (Phi) is 12.9. The van der Waals surface area contributed by atoms with Crippen molar-refractivity contribution in [3.05, 3.63) is 119 Å². The number of aromatic hydroxyl groups is 1. The van der Waals surface area contributed by atoms with Crippen LogP contribution in [0, 0.1) is 23.9 Å². The number of phenols is 1. The van der Waals surface area contributed by atoms with Crippen LogP contribution in [0.2, 0.25) is 0 Å². The number of anilines is 1. The van der Waals surface area contributed by atoms with Gasteiger partial charge < -0.3 is 35.5 Å². The summed E-state index contributed by atoms with van der Waals surface area (Å²) in [6.07, 6.45) is 17.5. The molecule has 2 aliphatic heterocycles. The van der Waals surface area contributed by atoms with E-state index in [1.165, 1.54) is 5.56 Å². The highest BCUT2D eigenvalue weighted by Gasteiger charge is 2.38. The van der Waals surface area contributed by atoms with E-state index in [0.717, 1.165) is 84.5 Å². The van der Waals surface area contributed by atoms with E-state index < -0.39 is 11.5 Å². The molecule has 5 N–H and O–H groups in total. The average molecular weight is 782 g/mol. The van der Waals surface area contributed by atoms with Crippen LogP contribution >= 0.6 is 0 Å². The smallest absolute Gasteiger partial charge is 0.192 e. The van der Waals surface area contributed by atoms with Crippen LogP contribution in [0.15, 0.2) is 102 Å². The van der Waals surface area contributed by atoms with Crippen molar-refractivity contribution in [3.63, 3.8) is 0 Å². The monoisotopic (exact) mass is 781 g/mol. The zero-order chi connectivity index (χ0) is 40.5. The number of nitrogens with one attached hydrogen (secondary N) is 1. The molecule has 2 heterocycles. The van der Waals surface area contributed by atoms with E-state index in [0.29, 0.717) is 43.3 Å². The Labute approximate surface area is 342 Å². The van der Waals surface area contributed by atoms with Gasteiger partial charge in [0, 0.05) is 31.1 Å². The molecule has 6 bridgehead atoms. The van der Waals surface area contributed by atoms with Crippen LogP contribution in [0.4, 0.5) is 5.69 Å². The summed E-state index contributed by atoms with van der Waals surface area (Å²) in [5.74, 6) is 5.81. The lowest BCUT2D eigenvalue weighted by Crippen LogP contribution is -2.25. The number of hydrogen-bond acceptors (Lipinski definition) is 7. The fourth-order valence-electron chi connectivity index (χ4n) is 8.89. The van der Waals surface area contributed by atoms with E-state index in [4.69, 9.17) is 19.9 Å². The topological polar surface area (TPSA) is 136 Å². The Bertz CT molecular complexity index is 2260. The third kappa shape index (κ3) is 9.79. The molecule has 9 heteroatoms. The van der Waals surface area contributed by atoms with Crippen molar-refractivity contribution >= 4 is 28.2 Å². The molecular formula is C49H55N3O6. The van der Waals surface area contributed by atoms with Crippen LogP contribution in [0.5, 0.6) is 17.2 Å². The molecule has 1 spiro atoms. The van der Waals surface area contributed by atoms with Crippen molar-refractivity contribution in [2.45, 2.75) is 95.2 Å². The van der Waals surface area contributed by atoms with Crippen LogP contribution in [-0.4, -0.2) is 42.2 Å². The second-order valence-corrected chi connectivity index (χ2v) is 16.0. The third-order valence-electron chi connectivity index (χ3n) is 12.0. The number of carbonyl (C=O) groups excluding carboxylic acids is 1. The minimum atomic E-state index is -0.592. The minimum absolute atomic E-state index is 0.0342. The number of fused-ring (bicyclic) bond motifs is 8. The maximum Gasteiger partial charge on any atom is 0.192 e. The maximum atomic E-state index is 13.8. The number of allylic oxidation sites excluding steroid dienone is 3. The van der Waals surface area contributed by atoms with E-state index >= 15 is 0 Å². The number of phenolic OH excluding ortho intramolecular Hbond substituents is 1. The number of nitrogens with zero attached hydrogens (tertiary/aromatic N) is 1. The normalized spacial score (nSPS) is 20.7. The van der Waals surface area contributed by atoms with Crippen LogP contribution < -0.4 is 20.5 Å². The van der Waals surface area contributed by atoms with Gasteiger partial charge in [0.2, 0.25) is 0 Å². The molecule has 2 aliphatic carbocycles. The first-order valence-electron chi connectivity index (χ1n) is 20.6. The van der Waals surface area contributed by atoms with Gasteiger partial charge in [-0.1, -0.05) is 61.7 Å². The lowest BCUT2D eigenvalue weighted by atomic mass is 9.76. The Morgan fingerprint density at radius 3 is 2.67 bits per heavy atom. The number of hydrogen-bond donors (Lipinski definition) is 4. The number of rotatable bonds is 9. The Morgan fingerprint density at radius 1 is 1.00 bits per heavy atom. The molecule has 1 fully saturated rings. The Balaban J connectivity index is 1.13. The van der Waals surface area contributed by atoms with Gasteiger partial charge in [0.25, 0.3) is 0 Å². The van der Waals surface area contributed by atoms with Gasteiger partial charge in [0.15, 0.2) is 17.5 Å². The molecule has 0 unspecified atom stereocenters. The van der Waals surface area contributed by atoms with Gasteiger partial charge in [-0.25, -0.2) is 0 Å². The highest BCUT2D eigenvalue weighted by Crippen LogP contribution is 2.47. The summed E-state index contributed by atoms with van der Waals surface area (Å²) in [5, 5.41) is 27.2. The Hall–Kier alpha value is -5.88. The molecule has 1 saturated carbocycles. The molecule has 4 aromatic carbocycles. The molecule has 4 aliphatic rings. The van der Waals surface area contributed by atoms with E-state index in [-0.39, 0.29) is 35.5 Å². The molecule has 0 radical (unpaired) electrons. The van der Waals surface area contributed by atoms with Gasteiger partial charge in [-0.3, -0.25) is 9.79 Å². The van der Waals surface area contributed by atoms with Gasteiger partial charge in [-0.2, -0.15) is 0 Å². The summed E-state index contributed by atoms with van der Waals surface area (Å²) >= 11 is 0. The van der Waals surface area contributed by atoms with Gasteiger partial charge in [0.05, 0.1) is 12.5 Å². The zero-order valence-electron chi connectivity index (χ0n) is 33.6. The second kappa shape index (κ2) is 18.6. The van der Waals surface area contributed by atoms with Crippen molar-refractivity contribution in [2.75, 3.05) is 19.5 Å². The number of aliphatic hydroxyl groups is 1. The molecule has 4 aromatic rings. The highest BCUT2D eigenvalue weighted by atomic mass is 16.5. The zero-order valence-corrected chi connectivity index (χ0v) is 33.6. The number of aliphatic hydroxyl groups excluding tert-OH is 1. The third-order valence-corrected chi connectivity index (χ3v) is 12.0. The van der Waals surface area contributed by atoms with Crippen molar-refractivity contribution in [2.24, 2.45) is 22.6 Å². The van der Waals surface area contributed by atoms with Gasteiger partial charge >= 0.3 is 0 Å². The SMILES string of the molecule is CN=C(N)Nc1cccc(CCCC[C@@H]2C=CC(O)=C[C@@H]2C[C@H]2CC(=O)CCc3ccc(OC)c(c3)OCc3ccc4c(c(O)ccc4c3)C3(C#CO2)CCCC3)c1. The fraction of sp³-hybridized carbons (Fsp3) is 0.388. The van der Waals surface area contributed by atoms with Gasteiger partial charge in [-0.15, -0.1) is 0 Å². The van der Waals surface area contributed by atoms with Crippen LogP contribution in [0.1, 0.15) is 86.5 Å². The van der Waals surface area contributed by atoms with Crippen LogP contribution in [0.3, 0.4) is 0 Å². The fourth-order valence-corrected chi connectivity index (χ4v) is 8.89. The number of methoxy groups -OCH3 is 1. The van der Waals surface area contributed by atoms with Crippen molar-refractivity contribution in [3.8, 4) is 29.3 Å². The van der Waals surface area contributed by atoms with Gasteiger partial charge in [0.1, 0.15) is 36.1 Å². The molecule has 0 saturated heterocycles. The number of carbonyl (C=O) groups is 1.